The average molecular weight is 151 g/mol. The van der Waals surface area contributed by atoms with Crippen molar-refractivity contribution >= 4 is 6.22 Å². The first-order valence-electron chi connectivity index (χ1n) is 2.78. The van der Waals surface area contributed by atoms with Crippen LogP contribution in [0.4, 0.5) is 9.18 Å². The molecule has 0 aliphatic carbocycles. The number of nitrogens with zero attached hydrogens (tertiary/aromatic N) is 1. The number of hydroxylamine groups is 3. The van der Waals surface area contributed by atoms with Gasteiger partial charge in [0.1, 0.15) is 13.2 Å². The van der Waals surface area contributed by atoms with Crippen molar-refractivity contribution in [3.8, 4) is 0 Å². The third-order valence-electron chi connectivity index (χ3n) is 0.845. The van der Waals surface area contributed by atoms with E-state index >= 15 is 0 Å². The SMILES string of the molecule is C[N+](C)([O-])CCOC(=O)F. The molecule has 0 spiro atoms. The van der Waals surface area contributed by atoms with Crippen molar-refractivity contribution in [1.82, 2.24) is 0 Å². The van der Waals surface area contributed by atoms with Crippen LogP contribution >= 0.6 is 0 Å². The summed E-state index contributed by atoms with van der Waals surface area (Å²) in [6.45, 7) is -0.110. The molecule has 0 unspecified atom stereocenters. The summed E-state index contributed by atoms with van der Waals surface area (Å²) < 4.78 is 14.6. The lowest BCUT2D eigenvalue weighted by atomic mass is 10.6. The molecule has 0 fully saturated rings. The van der Waals surface area contributed by atoms with Crippen LogP contribution in [0.2, 0.25) is 0 Å². The number of likely N-dealkylation sites (N-methyl/N-ethyl adjacent to an activating group) is 1. The smallest absolute Gasteiger partial charge is 0.495 e. The fourth-order valence-electron chi connectivity index (χ4n) is 0.346. The molecule has 0 bridgehead atoms. The molecule has 60 valence electrons. The van der Waals surface area contributed by atoms with Gasteiger partial charge in [0.05, 0.1) is 14.1 Å². The summed E-state index contributed by atoms with van der Waals surface area (Å²) in [5.74, 6) is 0. The van der Waals surface area contributed by atoms with Crippen molar-refractivity contribution in [3.05, 3.63) is 5.21 Å². The normalized spacial score (nSPS) is 11.2. The topological polar surface area (TPSA) is 49.4 Å². The lowest BCUT2D eigenvalue weighted by Gasteiger charge is -2.32. The standard InChI is InChI=1S/C5H10FNO3/c1-7(2,9)3-4-10-5(6)8/h3-4H2,1-2H3. The largest absolute Gasteiger partial charge is 0.633 e. The second-order valence-electron chi connectivity index (χ2n) is 2.38. The van der Waals surface area contributed by atoms with Gasteiger partial charge in [0.25, 0.3) is 0 Å². The number of halogens is 1. The van der Waals surface area contributed by atoms with Crippen LogP contribution in [-0.2, 0) is 4.74 Å². The summed E-state index contributed by atoms with van der Waals surface area (Å²) in [6.07, 6.45) is -1.84. The fraction of sp³-hybridized carbons (Fsp3) is 0.800. The van der Waals surface area contributed by atoms with Crippen LogP contribution in [0.1, 0.15) is 0 Å². The zero-order valence-electron chi connectivity index (χ0n) is 5.96. The van der Waals surface area contributed by atoms with E-state index in [1.165, 1.54) is 14.1 Å². The average Bonchev–Trinajstić information content (AvgIpc) is 1.59. The Balaban J connectivity index is 3.29. The number of carbonyl (C=O) groups excluding carboxylic acids is 1. The Morgan fingerprint density at radius 2 is 2.20 bits per heavy atom. The van der Waals surface area contributed by atoms with Crippen LogP contribution < -0.4 is 0 Å². The molecule has 0 aliphatic heterocycles. The van der Waals surface area contributed by atoms with E-state index in [4.69, 9.17) is 0 Å². The zero-order chi connectivity index (χ0) is 8.20. The molecular weight excluding hydrogens is 141 g/mol. The minimum absolute atomic E-state index is 0.0651. The third kappa shape index (κ3) is 7.32. The summed E-state index contributed by atoms with van der Waals surface area (Å²) in [6, 6.07) is 0. The van der Waals surface area contributed by atoms with Gasteiger partial charge in [-0.2, -0.15) is 0 Å². The third-order valence-corrected chi connectivity index (χ3v) is 0.845. The van der Waals surface area contributed by atoms with Crippen molar-refractivity contribution in [2.45, 2.75) is 0 Å². The molecule has 5 heteroatoms. The lowest BCUT2D eigenvalue weighted by molar-refractivity contribution is -0.840. The molecule has 0 atom stereocenters. The predicted molar refractivity (Wildman–Crippen MR) is 32.8 cm³/mol. The van der Waals surface area contributed by atoms with Crippen LogP contribution in [-0.4, -0.2) is 38.1 Å². The van der Waals surface area contributed by atoms with Crippen molar-refractivity contribution in [2.75, 3.05) is 27.2 Å². The van der Waals surface area contributed by atoms with Crippen LogP contribution in [0.5, 0.6) is 0 Å². The summed E-state index contributed by atoms with van der Waals surface area (Å²) in [7, 11) is 2.76. The highest BCUT2D eigenvalue weighted by Gasteiger charge is 2.03. The van der Waals surface area contributed by atoms with Crippen molar-refractivity contribution in [1.29, 1.82) is 0 Å². The van der Waals surface area contributed by atoms with Crippen LogP contribution in [0.25, 0.3) is 0 Å². The van der Waals surface area contributed by atoms with Gasteiger partial charge in [-0.3, -0.25) is 0 Å². The molecule has 0 saturated carbocycles. The van der Waals surface area contributed by atoms with Gasteiger partial charge in [0.15, 0.2) is 0 Å². The van der Waals surface area contributed by atoms with Gasteiger partial charge in [-0.1, -0.05) is 0 Å². The van der Waals surface area contributed by atoms with E-state index in [0.717, 1.165) is 0 Å². The van der Waals surface area contributed by atoms with Gasteiger partial charge < -0.3 is 14.6 Å². The molecule has 0 heterocycles. The molecular formula is C5H10FNO3. The molecule has 0 N–H and O–H groups in total. The van der Waals surface area contributed by atoms with E-state index in [-0.39, 0.29) is 13.2 Å². The number of carbonyl (C=O) groups is 1. The number of rotatable bonds is 3. The van der Waals surface area contributed by atoms with Gasteiger partial charge >= 0.3 is 6.22 Å². The van der Waals surface area contributed by atoms with Gasteiger partial charge in [-0.05, 0) is 0 Å². The number of ether oxygens (including phenoxy) is 1. The minimum Gasteiger partial charge on any atom is -0.633 e. The van der Waals surface area contributed by atoms with Gasteiger partial charge in [0.2, 0.25) is 0 Å². The Hall–Kier alpha value is -0.680. The van der Waals surface area contributed by atoms with E-state index in [1.807, 2.05) is 0 Å². The maximum atomic E-state index is 11.3. The molecule has 10 heavy (non-hydrogen) atoms. The molecule has 0 aromatic carbocycles. The van der Waals surface area contributed by atoms with E-state index in [0.29, 0.717) is 0 Å². The highest BCUT2D eigenvalue weighted by molar-refractivity contribution is 5.57. The Morgan fingerprint density at radius 1 is 1.70 bits per heavy atom. The first kappa shape index (κ1) is 9.32. The quantitative estimate of drug-likeness (QED) is 0.338. The molecule has 4 nitrogen and oxygen atoms in total. The minimum atomic E-state index is -1.84. The van der Waals surface area contributed by atoms with Gasteiger partial charge in [-0.15, -0.1) is 4.39 Å². The van der Waals surface area contributed by atoms with E-state index < -0.39 is 10.9 Å². The Bertz CT molecular complexity index is 121. The monoisotopic (exact) mass is 151 g/mol. The lowest BCUT2D eigenvalue weighted by Crippen LogP contribution is -2.35. The Labute approximate surface area is 58.4 Å². The highest BCUT2D eigenvalue weighted by Crippen LogP contribution is 1.92. The van der Waals surface area contributed by atoms with Crippen LogP contribution in [0.3, 0.4) is 0 Å². The first-order chi connectivity index (χ1) is 4.42. The molecule has 0 radical (unpaired) electrons. The number of quaternary nitrogens is 1. The van der Waals surface area contributed by atoms with Crippen molar-refractivity contribution < 1.29 is 18.6 Å². The zero-order valence-corrected chi connectivity index (χ0v) is 5.96. The van der Waals surface area contributed by atoms with Crippen LogP contribution in [0, 0.1) is 5.21 Å². The highest BCUT2D eigenvalue weighted by atomic mass is 19.1. The second kappa shape index (κ2) is 3.48. The van der Waals surface area contributed by atoms with Gasteiger partial charge in [-0.25, -0.2) is 4.79 Å². The molecule has 0 rings (SSSR count). The second-order valence-corrected chi connectivity index (χ2v) is 2.38. The molecule has 0 aromatic rings. The number of hydrogen-bond acceptors (Lipinski definition) is 3. The Kier molecular flexibility index (Phi) is 3.24. The van der Waals surface area contributed by atoms with Crippen molar-refractivity contribution in [2.24, 2.45) is 0 Å². The summed E-state index contributed by atoms with van der Waals surface area (Å²) in [5, 5.41) is 10.7. The molecule has 0 saturated heterocycles. The van der Waals surface area contributed by atoms with E-state index in [1.54, 1.807) is 0 Å². The van der Waals surface area contributed by atoms with Crippen molar-refractivity contribution in [3.63, 3.8) is 0 Å². The van der Waals surface area contributed by atoms with Crippen LogP contribution in [0.15, 0.2) is 0 Å². The van der Waals surface area contributed by atoms with E-state index in [2.05, 4.69) is 4.74 Å². The predicted octanol–water partition coefficient (Wildman–Crippen LogP) is 0.667. The molecule has 0 aromatic heterocycles. The summed E-state index contributed by atoms with van der Waals surface area (Å²) >= 11 is 0. The molecule has 0 aliphatic rings. The maximum absolute atomic E-state index is 11.3. The maximum Gasteiger partial charge on any atom is 0.495 e. The molecule has 0 amide bonds. The fourth-order valence-corrected chi connectivity index (χ4v) is 0.346. The van der Waals surface area contributed by atoms with Gasteiger partial charge in [0, 0.05) is 0 Å². The Morgan fingerprint density at radius 3 is 2.50 bits per heavy atom. The summed E-state index contributed by atoms with van der Waals surface area (Å²) in [4.78, 5) is 9.53. The van der Waals surface area contributed by atoms with E-state index in [9.17, 15) is 14.4 Å². The summed E-state index contributed by atoms with van der Waals surface area (Å²) in [5.41, 5.74) is 0. The number of hydrogen-bond donors (Lipinski definition) is 0. The first-order valence-corrected chi connectivity index (χ1v) is 2.78.